The van der Waals surface area contributed by atoms with E-state index in [2.05, 4.69) is 16.4 Å². The molecule has 1 aliphatic heterocycles. The van der Waals surface area contributed by atoms with E-state index in [-0.39, 0.29) is 24.5 Å². The van der Waals surface area contributed by atoms with Crippen molar-refractivity contribution < 1.29 is 9.59 Å². The lowest BCUT2D eigenvalue weighted by Crippen LogP contribution is -2.12. The number of nitrogens with zero attached hydrogens (tertiary/aromatic N) is 2. The van der Waals surface area contributed by atoms with Gasteiger partial charge in [-0.1, -0.05) is 30.3 Å². The molecule has 5 nitrogen and oxygen atoms in total. The third-order valence-electron chi connectivity index (χ3n) is 4.71. The molecule has 0 spiro atoms. The Morgan fingerprint density at radius 2 is 1.79 bits per heavy atom. The highest BCUT2D eigenvalue weighted by Crippen LogP contribution is 2.27. The maximum absolute atomic E-state index is 12.6. The van der Waals surface area contributed by atoms with Gasteiger partial charge in [-0.15, -0.1) is 0 Å². The van der Waals surface area contributed by atoms with Crippen molar-refractivity contribution >= 4 is 28.8 Å². The number of nitriles is 1. The zero-order chi connectivity index (χ0) is 20.2. The summed E-state index contributed by atoms with van der Waals surface area (Å²) < 4.78 is 0. The van der Waals surface area contributed by atoms with E-state index in [4.69, 9.17) is 5.26 Å². The zero-order valence-corrected chi connectivity index (χ0v) is 15.6. The van der Waals surface area contributed by atoms with E-state index in [9.17, 15) is 9.59 Å². The largest absolute Gasteiger partial charge is 0.322 e. The normalized spacial score (nSPS) is 12.9. The summed E-state index contributed by atoms with van der Waals surface area (Å²) in [5, 5.41) is 12.0. The second-order valence-corrected chi connectivity index (χ2v) is 6.81. The van der Waals surface area contributed by atoms with Crippen LogP contribution in [0.1, 0.15) is 33.5 Å². The van der Waals surface area contributed by atoms with Crippen molar-refractivity contribution in [2.75, 3.05) is 5.32 Å². The Labute approximate surface area is 168 Å². The van der Waals surface area contributed by atoms with Crippen LogP contribution < -0.4 is 5.32 Å². The Hall–Kier alpha value is -4.04. The minimum atomic E-state index is -0.235. The summed E-state index contributed by atoms with van der Waals surface area (Å²) in [5.41, 5.74) is 4.50. The van der Waals surface area contributed by atoms with E-state index in [0.29, 0.717) is 28.2 Å². The van der Waals surface area contributed by atoms with Crippen LogP contribution in [0.25, 0.3) is 0 Å². The van der Waals surface area contributed by atoms with Gasteiger partial charge in [-0.3, -0.25) is 14.6 Å². The third-order valence-corrected chi connectivity index (χ3v) is 4.71. The Morgan fingerprint density at radius 1 is 0.966 bits per heavy atom. The minimum Gasteiger partial charge on any atom is -0.322 e. The fourth-order valence-corrected chi connectivity index (χ4v) is 3.28. The van der Waals surface area contributed by atoms with E-state index in [1.807, 2.05) is 36.4 Å². The van der Waals surface area contributed by atoms with Crippen LogP contribution in [-0.4, -0.2) is 17.4 Å². The summed E-state index contributed by atoms with van der Waals surface area (Å²) >= 11 is 0. The Bertz CT molecular complexity index is 1170. The number of hydrogen-bond acceptors (Lipinski definition) is 4. The average molecular weight is 379 g/mol. The molecule has 3 aromatic rings. The van der Waals surface area contributed by atoms with Crippen LogP contribution in [0.5, 0.6) is 0 Å². The summed E-state index contributed by atoms with van der Waals surface area (Å²) in [6, 6.07) is 23.6. The molecule has 1 N–H and O–H groups in total. The first kappa shape index (κ1) is 18.3. The molecule has 29 heavy (non-hydrogen) atoms. The Balaban J connectivity index is 1.66. The van der Waals surface area contributed by atoms with Crippen molar-refractivity contribution in [2.24, 2.45) is 4.99 Å². The van der Waals surface area contributed by atoms with Gasteiger partial charge in [-0.25, -0.2) is 0 Å². The third kappa shape index (κ3) is 4.12. The van der Waals surface area contributed by atoms with Gasteiger partial charge >= 0.3 is 0 Å². The lowest BCUT2D eigenvalue weighted by molar-refractivity contribution is -0.117. The lowest BCUT2D eigenvalue weighted by atomic mass is 10.0. The van der Waals surface area contributed by atoms with Gasteiger partial charge in [0.15, 0.2) is 0 Å². The highest BCUT2D eigenvalue weighted by atomic mass is 16.1. The Kier molecular flexibility index (Phi) is 5.00. The predicted molar refractivity (Wildman–Crippen MR) is 112 cm³/mol. The molecule has 140 valence electrons. The quantitative estimate of drug-likeness (QED) is 0.730. The van der Waals surface area contributed by atoms with Gasteiger partial charge in [-0.05, 0) is 53.6 Å². The van der Waals surface area contributed by atoms with Crippen molar-refractivity contribution in [2.45, 2.75) is 12.8 Å². The number of para-hydroxylation sites is 1. The molecule has 0 bridgehead atoms. The molecular formula is C24H17N3O2. The smallest absolute Gasteiger partial charge is 0.255 e. The van der Waals surface area contributed by atoms with Gasteiger partial charge in [0.05, 0.1) is 23.0 Å². The Morgan fingerprint density at radius 3 is 2.59 bits per heavy atom. The number of fused-ring (bicyclic) bond motifs is 1. The number of carbonyl (C=O) groups excluding carboxylic acids is 2. The number of carbonyl (C=O) groups is 2. The van der Waals surface area contributed by atoms with Gasteiger partial charge in [-0.2, -0.15) is 5.26 Å². The lowest BCUT2D eigenvalue weighted by Gasteiger charge is -2.08. The molecule has 0 radical (unpaired) electrons. The molecule has 0 saturated carbocycles. The van der Waals surface area contributed by atoms with Crippen LogP contribution in [0.4, 0.5) is 11.4 Å². The maximum atomic E-state index is 12.6. The number of anilines is 1. The van der Waals surface area contributed by atoms with E-state index < -0.39 is 0 Å². The zero-order valence-electron chi connectivity index (χ0n) is 15.6. The van der Waals surface area contributed by atoms with Gasteiger partial charge in [0.2, 0.25) is 0 Å². The maximum Gasteiger partial charge on any atom is 0.255 e. The summed E-state index contributed by atoms with van der Waals surface area (Å²) in [6.07, 6.45) is 0.405. The predicted octanol–water partition coefficient (Wildman–Crippen LogP) is 4.45. The monoisotopic (exact) mass is 379 g/mol. The molecule has 1 amide bonds. The van der Waals surface area contributed by atoms with Crippen LogP contribution in [-0.2, 0) is 11.2 Å². The van der Waals surface area contributed by atoms with Crippen molar-refractivity contribution in [3.63, 3.8) is 0 Å². The SMILES string of the molecule is N#Cc1cccc(C2=Nc3ccc(C(=O)Nc4ccccc4)cc3CC(=O)C2)c1. The highest BCUT2D eigenvalue weighted by molar-refractivity contribution is 6.14. The second kappa shape index (κ2) is 7.91. The summed E-state index contributed by atoms with van der Waals surface area (Å²) in [6.45, 7) is 0. The molecule has 4 rings (SSSR count). The first-order chi connectivity index (χ1) is 14.1. The summed E-state index contributed by atoms with van der Waals surface area (Å²) in [7, 11) is 0. The van der Waals surface area contributed by atoms with Crippen LogP contribution in [0.15, 0.2) is 77.8 Å². The van der Waals surface area contributed by atoms with Crippen molar-refractivity contribution in [1.29, 1.82) is 5.26 Å². The molecule has 0 unspecified atom stereocenters. The van der Waals surface area contributed by atoms with E-state index in [1.54, 1.807) is 36.4 Å². The molecule has 1 aliphatic rings. The molecule has 5 heteroatoms. The average Bonchev–Trinajstić information content (AvgIpc) is 2.91. The van der Waals surface area contributed by atoms with Crippen LogP contribution in [0.3, 0.4) is 0 Å². The van der Waals surface area contributed by atoms with Gasteiger partial charge in [0, 0.05) is 24.1 Å². The van der Waals surface area contributed by atoms with E-state index in [0.717, 1.165) is 11.1 Å². The molecule has 1 heterocycles. The molecule has 0 aliphatic carbocycles. The number of ketones is 1. The first-order valence-electron chi connectivity index (χ1n) is 9.21. The fraction of sp³-hybridized carbons (Fsp3) is 0.0833. The summed E-state index contributed by atoms with van der Waals surface area (Å²) in [4.78, 5) is 29.7. The number of nitrogens with one attached hydrogen (secondary N) is 1. The van der Waals surface area contributed by atoms with Crippen LogP contribution in [0.2, 0.25) is 0 Å². The van der Waals surface area contributed by atoms with Gasteiger partial charge in [0.25, 0.3) is 5.91 Å². The molecule has 0 atom stereocenters. The molecule has 3 aromatic carbocycles. The fourth-order valence-electron chi connectivity index (χ4n) is 3.28. The molecule has 0 saturated heterocycles. The first-order valence-corrected chi connectivity index (χ1v) is 9.21. The van der Waals surface area contributed by atoms with E-state index in [1.165, 1.54) is 0 Å². The molecule has 0 fully saturated rings. The van der Waals surface area contributed by atoms with Crippen molar-refractivity contribution in [1.82, 2.24) is 0 Å². The minimum absolute atomic E-state index is 0.0190. The number of amides is 1. The second-order valence-electron chi connectivity index (χ2n) is 6.81. The number of rotatable bonds is 3. The number of aliphatic imine (C=N–C) groups is 1. The van der Waals surface area contributed by atoms with Gasteiger partial charge in [0.1, 0.15) is 5.78 Å². The van der Waals surface area contributed by atoms with Crippen molar-refractivity contribution in [3.05, 3.63) is 95.1 Å². The molecular weight excluding hydrogens is 362 g/mol. The summed E-state index contributed by atoms with van der Waals surface area (Å²) in [5.74, 6) is -0.216. The molecule has 0 aromatic heterocycles. The highest BCUT2D eigenvalue weighted by Gasteiger charge is 2.19. The van der Waals surface area contributed by atoms with E-state index >= 15 is 0 Å². The number of Topliss-reactive ketones (excluding diaryl/α,β-unsaturated/α-hetero) is 1. The van der Waals surface area contributed by atoms with Crippen LogP contribution in [0, 0.1) is 11.3 Å². The standard InChI is InChI=1S/C24H17N3O2/c25-15-16-5-4-6-17(11-16)23-14-21(28)13-19-12-18(9-10-22(19)27-23)24(29)26-20-7-2-1-3-8-20/h1-12H,13-14H2,(H,26,29). The number of benzene rings is 3. The number of hydrogen-bond donors (Lipinski definition) is 1. The van der Waals surface area contributed by atoms with Crippen molar-refractivity contribution in [3.8, 4) is 6.07 Å². The van der Waals surface area contributed by atoms with Crippen LogP contribution >= 0.6 is 0 Å². The van der Waals surface area contributed by atoms with Gasteiger partial charge < -0.3 is 5.32 Å². The topological polar surface area (TPSA) is 82.3 Å².